The molecule has 0 bridgehead atoms. The lowest BCUT2D eigenvalue weighted by molar-refractivity contribution is 0.0901. The molecule has 2 amide bonds. The second-order valence-corrected chi connectivity index (χ2v) is 7.99. The second-order valence-electron chi connectivity index (χ2n) is 7.56. The fourth-order valence-electron chi connectivity index (χ4n) is 4.12. The number of amides is 2. The van der Waals surface area contributed by atoms with Gasteiger partial charge in [0.15, 0.2) is 5.78 Å². The number of hydrogen-bond donors (Lipinski definition) is 0. The van der Waals surface area contributed by atoms with Crippen LogP contribution >= 0.6 is 11.6 Å². The highest BCUT2D eigenvalue weighted by Gasteiger charge is 2.46. The van der Waals surface area contributed by atoms with Crippen molar-refractivity contribution >= 4 is 40.9 Å². The van der Waals surface area contributed by atoms with Gasteiger partial charge in [-0.1, -0.05) is 11.6 Å². The van der Waals surface area contributed by atoms with Gasteiger partial charge >= 0.3 is 12.2 Å². The van der Waals surface area contributed by atoms with Crippen molar-refractivity contribution in [2.24, 2.45) is 0 Å². The molecule has 0 N–H and O–H groups in total. The zero-order valence-corrected chi connectivity index (χ0v) is 17.2. The Balaban J connectivity index is 1.29. The van der Waals surface area contributed by atoms with Gasteiger partial charge in [-0.05, 0) is 42.8 Å². The maximum Gasteiger partial charge on any atom is 0.415 e. The molecule has 31 heavy (non-hydrogen) atoms. The van der Waals surface area contributed by atoms with Crippen LogP contribution in [0.15, 0.2) is 42.5 Å². The van der Waals surface area contributed by atoms with Crippen LogP contribution in [-0.2, 0) is 9.47 Å². The highest BCUT2D eigenvalue weighted by molar-refractivity contribution is 6.30. The zero-order valence-electron chi connectivity index (χ0n) is 16.5. The highest BCUT2D eigenvalue weighted by Crippen LogP contribution is 2.42. The third kappa shape index (κ3) is 3.57. The number of Topliss-reactive ketones (excluding diaryl/α,β-unsaturated/α-hetero) is 1. The summed E-state index contributed by atoms with van der Waals surface area (Å²) < 4.78 is 16.4. The van der Waals surface area contributed by atoms with E-state index in [2.05, 4.69) is 0 Å². The number of anilines is 2. The normalized spacial score (nSPS) is 21.8. The molecule has 3 heterocycles. The van der Waals surface area contributed by atoms with E-state index in [4.69, 9.17) is 25.8 Å². The largest absolute Gasteiger partial charge is 0.489 e. The van der Waals surface area contributed by atoms with Crippen LogP contribution in [0.4, 0.5) is 21.0 Å². The van der Waals surface area contributed by atoms with Crippen molar-refractivity contribution in [3.63, 3.8) is 0 Å². The minimum absolute atomic E-state index is 0.0366. The number of rotatable bonds is 5. The molecule has 0 aliphatic carbocycles. The van der Waals surface area contributed by atoms with Crippen LogP contribution in [0.2, 0.25) is 5.02 Å². The molecule has 9 heteroatoms. The van der Waals surface area contributed by atoms with Crippen molar-refractivity contribution < 1.29 is 28.6 Å². The first-order valence-corrected chi connectivity index (χ1v) is 10.4. The van der Waals surface area contributed by atoms with E-state index in [1.54, 1.807) is 47.4 Å². The van der Waals surface area contributed by atoms with E-state index < -0.39 is 18.3 Å². The van der Waals surface area contributed by atoms with E-state index in [0.717, 1.165) is 0 Å². The number of benzene rings is 2. The number of carbonyl (C=O) groups excluding carboxylic acids is 3. The first-order chi connectivity index (χ1) is 15.0. The number of ether oxygens (including phenoxy) is 3. The monoisotopic (exact) mass is 442 g/mol. The molecule has 5 rings (SSSR count). The standard InChI is InChI=1S/C22H19ClN2O6/c23-14-3-1-13(2-4-14)18(26)7-8-19-17-12-30-20-11-15(24-9-10-29-21(24)27)5-6-16(20)25(17)22(28)31-19/h1-6,11,17,19H,7-10,12H2/t17-,19-/m0/s1. The molecule has 2 fully saturated rings. The molecule has 0 saturated carbocycles. The van der Waals surface area contributed by atoms with Crippen molar-refractivity contribution in [3.8, 4) is 5.75 Å². The number of hydrogen-bond acceptors (Lipinski definition) is 6. The van der Waals surface area contributed by atoms with Gasteiger partial charge in [0.1, 0.15) is 31.1 Å². The predicted octanol–water partition coefficient (Wildman–Crippen LogP) is 4.05. The molecule has 0 radical (unpaired) electrons. The van der Waals surface area contributed by atoms with Crippen LogP contribution in [0.5, 0.6) is 5.75 Å². The van der Waals surface area contributed by atoms with Gasteiger partial charge in [-0.25, -0.2) is 9.59 Å². The molecule has 160 valence electrons. The number of ketones is 1. The van der Waals surface area contributed by atoms with Gasteiger partial charge in [0.05, 0.1) is 17.9 Å². The van der Waals surface area contributed by atoms with Crippen molar-refractivity contribution in [1.29, 1.82) is 0 Å². The average Bonchev–Trinajstić information content (AvgIpc) is 3.35. The van der Waals surface area contributed by atoms with Crippen LogP contribution in [0, 0.1) is 0 Å². The number of nitrogens with zero attached hydrogens (tertiary/aromatic N) is 2. The smallest absolute Gasteiger partial charge is 0.415 e. The van der Waals surface area contributed by atoms with Gasteiger partial charge in [-0.3, -0.25) is 14.6 Å². The SMILES string of the molecule is O=C(CC[C@@H]1OC(=O)N2c3ccc(N4CCOC4=O)cc3OC[C@@H]12)c1ccc(Cl)cc1. The molecular weight excluding hydrogens is 424 g/mol. The van der Waals surface area contributed by atoms with Crippen molar-refractivity contribution in [3.05, 3.63) is 53.1 Å². The summed E-state index contributed by atoms with van der Waals surface area (Å²) in [6, 6.07) is 11.6. The second kappa shape index (κ2) is 7.77. The van der Waals surface area contributed by atoms with Crippen molar-refractivity contribution in [2.45, 2.75) is 25.0 Å². The molecule has 8 nitrogen and oxygen atoms in total. The Morgan fingerprint density at radius 2 is 1.87 bits per heavy atom. The summed E-state index contributed by atoms with van der Waals surface area (Å²) in [5, 5.41) is 0.569. The minimum Gasteiger partial charge on any atom is -0.489 e. The Hall–Kier alpha value is -3.26. The lowest BCUT2D eigenvalue weighted by Crippen LogP contribution is -2.44. The molecule has 0 aromatic heterocycles. The van der Waals surface area contributed by atoms with Crippen LogP contribution in [0.1, 0.15) is 23.2 Å². The van der Waals surface area contributed by atoms with Gasteiger partial charge < -0.3 is 14.2 Å². The van der Waals surface area contributed by atoms with E-state index in [1.165, 1.54) is 4.90 Å². The summed E-state index contributed by atoms with van der Waals surface area (Å²) in [6.45, 7) is 1.05. The van der Waals surface area contributed by atoms with Crippen LogP contribution in [0.25, 0.3) is 0 Å². The van der Waals surface area contributed by atoms with Gasteiger partial charge in [0.25, 0.3) is 0 Å². The molecule has 3 aliphatic rings. The highest BCUT2D eigenvalue weighted by atomic mass is 35.5. The molecule has 2 aromatic rings. The minimum atomic E-state index is -0.466. The number of fused-ring (bicyclic) bond motifs is 3. The number of cyclic esters (lactones) is 2. The fourth-order valence-corrected chi connectivity index (χ4v) is 4.24. The predicted molar refractivity (Wildman–Crippen MR) is 112 cm³/mol. The van der Waals surface area contributed by atoms with Gasteiger partial charge in [0, 0.05) is 23.1 Å². The summed E-state index contributed by atoms with van der Waals surface area (Å²) in [4.78, 5) is 40.0. The fraction of sp³-hybridized carbons (Fsp3) is 0.318. The molecule has 0 spiro atoms. The molecule has 0 unspecified atom stereocenters. The lowest BCUT2D eigenvalue weighted by Gasteiger charge is -2.31. The van der Waals surface area contributed by atoms with Gasteiger partial charge in [-0.15, -0.1) is 0 Å². The van der Waals surface area contributed by atoms with E-state index in [1.807, 2.05) is 0 Å². The first kappa shape index (κ1) is 19.7. The number of carbonyl (C=O) groups is 3. The summed E-state index contributed by atoms with van der Waals surface area (Å²) in [5.74, 6) is 0.466. The Labute approximate surface area is 183 Å². The molecular formula is C22H19ClN2O6. The summed E-state index contributed by atoms with van der Waals surface area (Å²) in [7, 11) is 0. The van der Waals surface area contributed by atoms with Crippen LogP contribution < -0.4 is 14.5 Å². The summed E-state index contributed by atoms with van der Waals surface area (Å²) in [5.41, 5.74) is 1.81. The lowest BCUT2D eigenvalue weighted by atomic mass is 10.00. The maximum absolute atomic E-state index is 12.6. The third-order valence-electron chi connectivity index (χ3n) is 5.72. The molecule has 2 aromatic carbocycles. The molecule has 3 aliphatic heterocycles. The quantitative estimate of drug-likeness (QED) is 0.649. The van der Waals surface area contributed by atoms with Crippen molar-refractivity contribution in [1.82, 2.24) is 0 Å². The molecule has 2 atom stereocenters. The third-order valence-corrected chi connectivity index (χ3v) is 5.97. The first-order valence-electron chi connectivity index (χ1n) is 10.0. The van der Waals surface area contributed by atoms with E-state index in [9.17, 15) is 14.4 Å². The Morgan fingerprint density at radius 1 is 1.06 bits per heavy atom. The maximum atomic E-state index is 12.6. The zero-order chi connectivity index (χ0) is 21.5. The topological polar surface area (TPSA) is 85.4 Å². The Bertz CT molecular complexity index is 1060. The van der Waals surface area contributed by atoms with Gasteiger partial charge in [-0.2, -0.15) is 0 Å². The van der Waals surface area contributed by atoms with Crippen LogP contribution in [-0.4, -0.2) is 49.9 Å². The van der Waals surface area contributed by atoms with E-state index in [-0.39, 0.29) is 24.9 Å². The summed E-state index contributed by atoms with van der Waals surface area (Å²) in [6.07, 6.45) is -0.686. The summed E-state index contributed by atoms with van der Waals surface area (Å²) >= 11 is 5.87. The van der Waals surface area contributed by atoms with E-state index in [0.29, 0.717) is 47.3 Å². The number of halogens is 1. The molecule has 2 saturated heterocycles. The Kier molecular flexibility index (Phi) is 4.94. The van der Waals surface area contributed by atoms with Crippen molar-refractivity contribution in [2.75, 3.05) is 29.6 Å². The van der Waals surface area contributed by atoms with E-state index >= 15 is 0 Å². The van der Waals surface area contributed by atoms with Gasteiger partial charge in [0.2, 0.25) is 0 Å². The van der Waals surface area contributed by atoms with Crippen LogP contribution in [0.3, 0.4) is 0 Å². The average molecular weight is 443 g/mol. The Morgan fingerprint density at radius 3 is 2.61 bits per heavy atom.